The molecule has 0 unspecified atom stereocenters. The van der Waals surface area contributed by atoms with Gasteiger partial charge in [-0.2, -0.15) is 0 Å². The zero-order valence-electron chi connectivity index (χ0n) is 24.8. The lowest BCUT2D eigenvalue weighted by molar-refractivity contribution is 0.0129. The van der Waals surface area contributed by atoms with Crippen molar-refractivity contribution in [2.45, 2.75) is 62.2 Å². The Balaban J connectivity index is 1.43. The minimum absolute atomic E-state index is 0.145. The molecule has 6 atom stereocenters. The number of aliphatic hydroxyl groups excluding tert-OH is 1. The number of aliphatic hydroxyl groups is 1. The highest BCUT2D eigenvalue weighted by Gasteiger charge is 2.44. The molecule has 1 fully saturated rings. The number of halogens is 1. The van der Waals surface area contributed by atoms with E-state index in [-0.39, 0.29) is 41.9 Å². The fraction of sp³-hybridized carbons (Fsp3) is 0.545. The molecule has 2 aromatic carbocycles. The molecule has 2 bridgehead atoms. The van der Waals surface area contributed by atoms with E-state index in [1.54, 1.807) is 32.2 Å². The van der Waals surface area contributed by atoms with Gasteiger partial charge in [-0.25, -0.2) is 13.1 Å². The highest BCUT2D eigenvalue weighted by Crippen LogP contribution is 2.47. The lowest BCUT2D eigenvalue weighted by Crippen LogP contribution is -2.49. The average molecular weight is 629 g/mol. The van der Waals surface area contributed by atoms with Crippen LogP contribution in [0.15, 0.2) is 48.6 Å². The molecular formula is C33H41ClN2O6S. The van der Waals surface area contributed by atoms with E-state index >= 15 is 0 Å². The average Bonchev–Trinajstić information content (AvgIpc) is 3.12. The molecule has 0 aromatic heterocycles. The summed E-state index contributed by atoms with van der Waals surface area (Å²) in [7, 11) is -2.28. The number of carbonyl (C=O) groups is 1. The minimum atomic E-state index is -3.99. The summed E-state index contributed by atoms with van der Waals surface area (Å²) in [5.74, 6) is 0.275. The minimum Gasteiger partial charge on any atom is -0.490 e. The number of fused-ring (bicyclic) bond motifs is 4. The number of anilines is 1. The van der Waals surface area contributed by atoms with Crippen molar-refractivity contribution in [3.8, 4) is 5.75 Å². The Bertz CT molecular complexity index is 1510. The van der Waals surface area contributed by atoms with Crippen LogP contribution in [0.3, 0.4) is 0 Å². The molecule has 4 aliphatic rings. The number of ether oxygens (including phenoxy) is 2. The smallest absolute Gasteiger partial charge is 0.264 e. The van der Waals surface area contributed by atoms with Gasteiger partial charge in [0.15, 0.2) is 0 Å². The van der Waals surface area contributed by atoms with Crippen LogP contribution in [-0.2, 0) is 26.6 Å². The van der Waals surface area contributed by atoms with Crippen molar-refractivity contribution < 1.29 is 27.8 Å². The first kappa shape index (κ1) is 30.4. The lowest BCUT2D eigenvalue weighted by Gasteiger charge is -2.46. The summed E-state index contributed by atoms with van der Waals surface area (Å²) in [4.78, 5) is 15.7. The SMILES string of the molecule is CO[C@H]1/C=C/[C@@H](CO)C[C@H](C)S(=O)(=O)NC(=O)c2ccc3c(c2)N(C[C@@H]2CC[C@H]21)C[C@@]1(CCCc2cc(Cl)ccc21)CO3. The number of methoxy groups -OCH3 is 1. The van der Waals surface area contributed by atoms with E-state index in [1.807, 2.05) is 18.2 Å². The molecule has 10 heteroatoms. The molecule has 0 radical (unpaired) electrons. The third-order valence-electron chi connectivity index (χ3n) is 10.1. The Hall–Kier alpha value is -2.59. The largest absolute Gasteiger partial charge is 0.490 e. The van der Waals surface area contributed by atoms with Crippen LogP contribution in [0.25, 0.3) is 0 Å². The number of carbonyl (C=O) groups excluding carboxylic acids is 1. The molecule has 2 heterocycles. The zero-order valence-corrected chi connectivity index (χ0v) is 26.4. The Morgan fingerprint density at radius 2 is 2.02 bits per heavy atom. The summed E-state index contributed by atoms with van der Waals surface area (Å²) in [5, 5.41) is 9.88. The van der Waals surface area contributed by atoms with Gasteiger partial charge in [0.2, 0.25) is 10.0 Å². The van der Waals surface area contributed by atoms with Gasteiger partial charge in [0.05, 0.1) is 23.6 Å². The van der Waals surface area contributed by atoms with Gasteiger partial charge in [0.1, 0.15) is 5.75 Å². The Kier molecular flexibility index (Phi) is 8.54. The van der Waals surface area contributed by atoms with Gasteiger partial charge < -0.3 is 19.5 Å². The van der Waals surface area contributed by atoms with Crippen molar-refractivity contribution in [3.63, 3.8) is 0 Å². The summed E-state index contributed by atoms with van der Waals surface area (Å²) in [6.45, 7) is 3.33. The molecule has 1 amide bonds. The van der Waals surface area contributed by atoms with Crippen LogP contribution in [0.5, 0.6) is 5.75 Å². The maximum atomic E-state index is 13.4. The van der Waals surface area contributed by atoms with E-state index in [9.17, 15) is 18.3 Å². The number of aryl methyl sites for hydroxylation is 1. The van der Waals surface area contributed by atoms with E-state index in [0.29, 0.717) is 24.8 Å². The fourth-order valence-electron chi connectivity index (χ4n) is 7.51. The second-order valence-electron chi connectivity index (χ2n) is 12.8. The van der Waals surface area contributed by atoms with Gasteiger partial charge >= 0.3 is 0 Å². The number of hydrogen-bond donors (Lipinski definition) is 2. The number of benzene rings is 2. The van der Waals surface area contributed by atoms with Crippen molar-refractivity contribution in [1.29, 1.82) is 0 Å². The van der Waals surface area contributed by atoms with Crippen molar-refractivity contribution in [2.24, 2.45) is 17.8 Å². The number of hydrogen-bond acceptors (Lipinski definition) is 7. The second kappa shape index (κ2) is 12.1. The molecule has 0 saturated heterocycles. The van der Waals surface area contributed by atoms with Crippen molar-refractivity contribution in [3.05, 3.63) is 70.3 Å². The van der Waals surface area contributed by atoms with Crippen molar-refractivity contribution in [2.75, 3.05) is 38.3 Å². The topological polar surface area (TPSA) is 105 Å². The molecule has 2 aliphatic heterocycles. The number of rotatable bonds is 2. The van der Waals surface area contributed by atoms with E-state index in [1.165, 1.54) is 11.1 Å². The zero-order chi connectivity index (χ0) is 30.4. The van der Waals surface area contributed by atoms with E-state index in [4.69, 9.17) is 21.1 Å². The molecule has 232 valence electrons. The van der Waals surface area contributed by atoms with E-state index in [2.05, 4.69) is 21.8 Å². The number of sulfonamides is 1. The standard InChI is InChI=1S/C33H41ClN2O6S/c1-21-14-22(18-37)5-11-30(41-2)27-9-6-25(27)17-36-19-33(13-3-4-23-15-26(34)8-10-28(23)33)20-42-31-12-7-24(16-29(31)36)32(38)35-43(21,39)40/h5,7-8,10-12,15-16,21-22,25,27,30,37H,3-4,6,9,13-14,17-20H2,1-2H3,(H,35,38)/b11-5+/t21-,22+,25-,27+,30-,33-/m0/s1. The quantitative estimate of drug-likeness (QED) is 0.457. The Labute approximate surface area is 259 Å². The van der Waals surface area contributed by atoms with Crippen LogP contribution in [-0.4, -0.2) is 64.2 Å². The summed E-state index contributed by atoms with van der Waals surface area (Å²) >= 11 is 6.40. The third kappa shape index (κ3) is 5.93. The van der Waals surface area contributed by atoms with Crippen LogP contribution in [0.4, 0.5) is 5.69 Å². The van der Waals surface area contributed by atoms with Crippen molar-refractivity contribution in [1.82, 2.24) is 4.72 Å². The predicted molar refractivity (Wildman–Crippen MR) is 167 cm³/mol. The van der Waals surface area contributed by atoms with Gasteiger partial charge in [0, 0.05) is 48.7 Å². The van der Waals surface area contributed by atoms with Gasteiger partial charge in [0.25, 0.3) is 5.91 Å². The predicted octanol–water partition coefficient (Wildman–Crippen LogP) is 4.87. The van der Waals surface area contributed by atoms with Gasteiger partial charge in [-0.05, 0) is 98.7 Å². The Morgan fingerprint density at radius 3 is 2.77 bits per heavy atom. The van der Waals surface area contributed by atoms with Crippen LogP contribution in [0.2, 0.25) is 5.02 Å². The first-order valence-electron chi connectivity index (χ1n) is 15.3. The number of nitrogens with zero attached hydrogens (tertiary/aromatic N) is 1. The molecule has 1 saturated carbocycles. The monoisotopic (exact) mass is 628 g/mol. The summed E-state index contributed by atoms with van der Waals surface area (Å²) in [6.07, 6.45) is 8.95. The van der Waals surface area contributed by atoms with Crippen LogP contribution < -0.4 is 14.4 Å². The maximum absolute atomic E-state index is 13.4. The maximum Gasteiger partial charge on any atom is 0.264 e. The van der Waals surface area contributed by atoms with E-state index < -0.39 is 21.2 Å². The van der Waals surface area contributed by atoms with Gasteiger partial charge in [-0.3, -0.25) is 4.79 Å². The van der Waals surface area contributed by atoms with Crippen LogP contribution in [0.1, 0.15) is 60.5 Å². The summed E-state index contributed by atoms with van der Waals surface area (Å²) < 4.78 is 41.1. The number of amides is 1. The van der Waals surface area contributed by atoms with E-state index in [0.717, 1.165) is 49.4 Å². The molecule has 2 aromatic rings. The molecular weight excluding hydrogens is 588 g/mol. The van der Waals surface area contributed by atoms with Gasteiger partial charge in [-0.1, -0.05) is 29.8 Å². The molecule has 2 aliphatic carbocycles. The Morgan fingerprint density at radius 1 is 1.19 bits per heavy atom. The fourth-order valence-corrected chi connectivity index (χ4v) is 8.78. The lowest BCUT2D eigenvalue weighted by atomic mass is 9.68. The first-order chi connectivity index (χ1) is 20.6. The third-order valence-corrected chi connectivity index (χ3v) is 12.1. The van der Waals surface area contributed by atoms with Crippen LogP contribution in [0, 0.1) is 17.8 Å². The number of nitrogens with one attached hydrogen (secondary N) is 1. The second-order valence-corrected chi connectivity index (χ2v) is 15.4. The molecule has 2 N–H and O–H groups in total. The summed E-state index contributed by atoms with van der Waals surface area (Å²) in [5.41, 5.74) is 3.33. The molecule has 1 spiro atoms. The molecule has 6 rings (SSSR count). The molecule has 8 nitrogen and oxygen atoms in total. The van der Waals surface area contributed by atoms with Crippen LogP contribution >= 0.6 is 11.6 Å². The highest BCUT2D eigenvalue weighted by atomic mass is 35.5. The highest BCUT2D eigenvalue weighted by molar-refractivity contribution is 7.90. The molecule has 43 heavy (non-hydrogen) atoms. The first-order valence-corrected chi connectivity index (χ1v) is 17.2. The summed E-state index contributed by atoms with van der Waals surface area (Å²) in [6, 6.07) is 11.4. The van der Waals surface area contributed by atoms with Crippen molar-refractivity contribution >= 4 is 33.2 Å². The van der Waals surface area contributed by atoms with Gasteiger partial charge in [-0.15, -0.1) is 0 Å². The normalized spacial score (nSPS) is 32.8.